The van der Waals surface area contributed by atoms with E-state index >= 15 is 0 Å². The fourth-order valence-electron chi connectivity index (χ4n) is 3.81. The molecule has 0 bridgehead atoms. The van der Waals surface area contributed by atoms with E-state index in [-0.39, 0.29) is 11.5 Å². The van der Waals surface area contributed by atoms with E-state index in [1.54, 1.807) is 0 Å². The van der Waals surface area contributed by atoms with Crippen LogP contribution in [0.15, 0.2) is 28.0 Å². The molecular formula is C23H32N6O. The van der Waals surface area contributed by atoms with Crippen LogP contribution in [-0.2, 0) is 6.42 Å². The standard InChI is InChI=1S/C23H32N6O/c1-8-17-20(14(4)5)26-22-21(15(6)27-29(22)23(17)30)25-18-12-11-16(13-19(18)24-7)28(9-2)10-3/h11-14,24,27H,6,8-10H2,1-5,7H3. The number of aromatic amines is 1. The molecule has 0 saturated heterocycles. The summed E-state index contributed by atoms with van der Waals surface area (Å²) in [6.07, 6.45) is 0.636. The largest absolute Gasteiger partial charge is 0.386 e. The molecule has 2 heterocycles. The highest BCUT2D eigenvalue weighted by molar-refractivity contribution is 5.72. The van der Waals surface area contributed by atoms with Gasteiger partial charge in [-0.2, -0.15) is 4.52 Å². The lowest BCUT2D eigenvalue weighted by atomic mass is 10.0. The van der Waals surface area contributed by atoms with Crippen molar-refractivity contribution in [3.8, 4) is 0 Å². The Morgan fingerprint density at radius 1 is 1.27 bits per heavy atom. The summed E-state index contributed by atoms with van der Waals surface area (Å²) in [5.41, 5.74) is 4.82. The lowest BCUT2D eigenvalue weighted by molar-refractivity contribution is 0.763. The smallest absolute Gasteiger partial charge is 0.276 e. The van der Waals surface area contributed by atoms with E-state index < -0.39 is 0 Å². The third-order valence-electron chi connectivity index (χ3n) is 5.46. The molecule has 1 aromatic carbocycles. The number of anilines is 2. The molecule has 2 aromatic heterocycles. The minimum absolute atomic E-state index is 0.0803. The molecule has 0 radical (unpaired) electrons. The Morgan fingerprint density at radius 2 is 1.97 bits per heavy atom. The molecule has 7 heteroatoms. The molecular weight excluding hydrogens is 376 g/mol. The molecule has 0 atom stereocenters. The van der Waals surface area contributed by atoms with E-state index in [4.69, 9.17) is 9.98 Å². The van der Waals surface area contributed by atoms with Gasteiger partial charge in [0.1, 0.15) is 5.36 Å². The molecule has 30 heavy (non-hydrogen) atoms. The normalized spacial score (nSPS) is 12.2. The van der Waals surface area contributed by atoms with Gasteiger partial charge in [0.2, 0.25) is 0 Å². The summed E-state index contributed by atoms with van der Waals surface area (Å²) in [4.78, 5) is 25.0. The second-order valence-corrected chi connectivity index (χ2v) is 7.62. The molecule has 2 N–H and O–H groups in total. The van der Waals surface area contributed by atoms with Crippen molar-refractivity contribution in [2.75, 3.05) is 30.4 Å². The fourth-order valence-corrected chi connectivity index (χ4v) is 3.81. The van der Waals surface area contributed by atoms with Crippen molar-refractivity contribution in [2.45, 2.75) is 47.0 Å². The third-order valence-corrected chi connectivity index (χ3v) is 5.46. The zero-order chi connectivity index (χ0) is 22.0. The van der Waals surface area contributed by atoms with E-state index in [2.05, 4.69) is 61.7 Å². The van der Waals surface area contributed by atoms with Gasteiger partial charge in [-0.25, -0.2) is 9.98 Å². The first kappa shape index (κ1) is 21.6. The number of nitrogens with one attached hydrogen (secondary N) is 2. The molecule has 0 aliphatic heterocycles. The number of hydrogen-bond acceptors (Lipinski definition) is 5. The zero-order valence-corrected chi connectivity index (χ0v) is 18.8. The number of fused-ring (bicyclic) bond motifs is 1. The topological polar surface area (TPSA) is 77.8 Å². The number of aromatic nitrogens is 3. The monoisotopic (exact) mass is 408 g/mol. The van der Waals surface area contributed by atoms with Crippen LogP contribution in [0, 0.1) is 0 Å². The summed E-state index contributed by atoms with van der Waals surface area (Å²) in [6, 6.07) is 6.15. The Hall–Kier alpha value is -3.09. The first-order chi connectivity index (χ1) is 14.4. The summed E-state index contributed by atoms with van der Waals surface area (Å²) >= 11 is 0. The Kier molecular flexibility index (Phi) is 6.29. The van der Waals surface area contributed by atoms with Crippen molar-refractivity contribution in [2.24, 2.45) is 4.99 Å². The lowest BCUT2D eigenvalue weighted by Crippen LogP contribution is -2.24. The summed E-state index contributed by atoms with van der Waals surface area (Å²) in [5, 5.41) is 7.44. The van der Waals surface area contributed by atoms with Crippen LogP contribution in [0.25, 0.3) is 12.2 Å². The lowest BCUT2D eigenvalue weighted by Gasteiger charge is -2.22. The summed E-state index contributed by atoms with van der Waals surface area (Å²) in [7, 11) is 1.88. The number of H-pyrrole nitrogens is 1. The van der Waals surface area contributed by atoms with E-state index in [0.29, 0.717) is 22.8 Å². The second-order valence-electron chi connectivity index (χ2n) is 7.62. The van der Waals surface area contributed by atoms with Gasteiger partial charge in [-0.1, -0.05) is 27.4 Å². The van der Waals surface area contributed by atoms with Crippen molar-refractivity contribution >= 4 is 29.3 Å². The average Bonchev–Trinajstić information content (AvgIpc) is 3.05. The maximum atomic E-state index is 13.0. The van der Waals surface area contributed by atoms with Crippen LogP contribution in [0.2, 0.25) is 0 Å². The van der Waals surface area contributed by atoms with E-state index in [0.717, 1.165) is 41.4 Å². The number of nitrogens with zero attached hydrogens (tertiary/aromatic N) is 4. The molecule has 0 aliphatic rings. The maximum Gasteiger partial charge on any atom is 0.276 e. The maximum absolute atomic E-state index is 13.0. The highest BCUT2D eigenvalue weighted by Crippen LogP contribution is 2.29. The van der Waals surface area contributed by atoms with Gasteiger partial charge in [0.05, 0.1) is 22.4 Å². The quantitative estimate of drug-likeness (QED) is 0.630. The number of hydrogen-bond donors (Lipinski definition) is 2. The molecule has 0 amide bonds. The van der Waals surface area contributed by atoms with Crippen molar-refractivity contribution in [1.82, 2.24) is 14.6 Å². The van der Waals surface area contributed by atoms with E-state index in [1.165, 1.54) is 4.52 Å². The first-order valence-corrected chi connectivity index (χ1v) is 10.6. The van der Waals surface area contributed by atoms with Gasteiger partial charge in [-0.15, -0.1) is 0 Å². The van der Waals surface area contributed by atoms with Crippen LogP contribution < -0.4 is 26.5 Å². The predicted octanol–water partition coefficient (Wildman–Crippen LogP) is 2.96. The minimum Gasteiger partial charge on any atom is -0.386 e. The van der Waals surface area contributed by atoms with Gasteiger partial charge in [0.15, 0.2) is 5.65 Å². The van der Waals surface area contributed by atoms with Crippen molar-refractivity contribution < 1.29 is 0 Å². The van der Waals surface area contributed by atoms with Crippen LogP contribution in [0.3, 0.4) is 0 Å². The number of benzene rings is 1. The second kappa shape index (κ2) is 8.73. The fraction of sp³-hybridized carbons (Fsp3) is 0.435. The van der Waals surface area contributed by atoms with Crippen molar-refractivity contribution in [1.29, 1.82) is 0 Å². The van der Waals surface area contributed by atoms with Crippen LogP contribution >= 0.6 is 0 Å². The number of rotatable bonds is 7. The molecule has 7 nitrogen and oxygen atoms in total. The Bertz CT molecular complexity index is 1220. The van der Waals surface area contributed by atoms with Crippen LogP contribution in [0.4, 0.5) is 17.1 Å². The Balaban J connectivity index is 2.28. The zero-order valence-electron chi connectivity index (χ0n) is 18.8. The molecule has 160 valence electrons. The minimum atomic E-state index is -0.0803. The Morgan fingerprint density at radius 3 is 2.53 bits per heavy atom. The molecule has 0 spiro atoms. The molecule has 0 fully saturated rings. The summed E-state index contributed by atoms with van der Waals surface area (Å²) in [6.45, 7) is 16.3. The molecule has 3 rings (SSSR count). The van der Waals surface area contributed by atoms with Gasteiger partial charge >= 0.3 is 0 Å². The Labute approximate surface area is 177 Å². The summed E-state index contributed by atoms with van der Waals surface area (Å²) in [5.74, 6) is 0.148. The highest BCUT2D eigenvalue weighted by atomic mass is 16.1. The SMILES string of the molecule is C=c1[nH]n2c(=O)c(CC)c(C(C)C)nc2c1=Nc1ccc(N(CC)CC)cc1NC. The van der Waals surface area contributed by atoms with E-state index in [1.807, 2.05) is 20.0 Å². The summed E-state index contributed by atoms with van der Waals surface area (Å²) < 4.78 is 1.47. The highest BCUT2D eigenvalue weighted by Gasteiger charge is 2.16. The van der Waals surface area contributed by atoms with Crippen molar-refractivity contribution in [3.63, 3.8) is 0 Å². The van der Waals surface area contributed by atoms with Gasteiger partial charge in [-0.3, -0.25) is 9.89 Å². The average molecular weight is 409 g/mol. The first-order valence-electron chi connectivity index (χ1n) is 10.6. The predicted molar refractivity (Wildman–Crippen MR) is 125 cm³/mol. The van der Waals surface area contributed by atoms with E-state index in [9.17, 15) is 4.79 Å². The van der Waals surface area contributed by atoms with Gasteiger partial charge in [0.25, 0.3) is 5.56 Å². The van der Waals surface area contributed by atoms with Gasteiger partial charge < -0.3 is 10.2 Å². The van der Waals surface area contributed by atoms with Crippen LogP contribution in [0.1, 0.15) is 51.8 Å². The molecule has 3 aromatic rings. The third kappa shape index (κ3) is 3.72. The van der Waals surface area contributed by atoms with Crippen LogP contribution in [0.5, 0.6) is 0 Å². The van der Waals surface area contributed by atoms with Crippen LogP contribution in [-0.4, -0.2) is 34.7 Å². The van der Waals surface area contributed by atoms with Crippen molar-refractivity contribution in [3.05, 3.63) is 50.5 Å². The van der Waals surface area contributed by atoms with Gasteiger partial charge in [-0.05, 0) is 44.4 Å². The molecule has 0 aliphatic carbocycles. The molecule has 0 saturated carbocycles. The van der Waals surface area contributed by atoms with Gasteiger partial charge in [0, 0.05) is 31.4 Å². The molecule has 0 unspecified atom stereocenters.